The Balaban J connectivity index is 2.50. The molecular formula is C16H24N2O3. The number of benzene rings is 1. The maximum Gasteiger partial charge on any atom is 0.326 e. The van der Waals surface area contributed by atoms with Crippen LogP contribution in [0.2, 0.25) is 0 Å². The van der Waals surface area contributed by atoms with Crippen molar-refractivity contribution in [3.63, 3.8) is 0 Å². The topological polar surface area (TPSA) is 92.4 Å². The van der Waals surface area contributed by atoms with E-state index in [2.05, 4.69) is 5.32 Å². The summed E-state index contributed by atoms with van der Waals surface area (Å²) >= 11 is 0. The highest BCUT2D eigenvalue weighted by atomic mass is 16.4. The molecule has 0 saturated heterocycles. The molecule has 4 N–H and O–H groups in total. The number of rotatable bonds is 9. The summed E-state index contributed by atoms with van der Waals surface area (Å²) in [5.41, 5.74) is 6.80. The SMILES string of the molecule is CCCCC[C@H](NC(=O)[C@@H](N)Cc1ccccc1)C(=O)O. The molecule has 1 aromatic rings. The third kappa shape index (κ3) is 6.40. The first kappa shape index (κ1) is 17.2. The van der Waals surface area contributed by atoms with Gasteiger partial charge >= 0.3 is 5.97 Å². The van der Waals surface area contributed by atoms with E-state index in [0.717, 1.165) is 24.8 Å². The van der Waals surface area contributed by atoms with Gasteiger partial charge in [-0.05, 0) is 18.4 Å². The summed E-state index contributed by atoms with van der Waals surface area (Å²) in [5, 5.41) is 11.7. The molecule has 0 saturated carbocycles. The molecule has 0 heterocycles. The number of amides is 1. The molecule has 0 spiro atoms. The first-order valence-corrected chi connectivity index (χ1v) is 7.37. The number of carboxylic acids is 1. The molecule has 0 aliphatic heterocycles. The van der Waals surface area contributed by atoms with E-state index in [0.29, 0.717) is 12.8 Å². The van der Waals surface area contributed by atoms with Gasteiger partial charge in [-0.3, -0.25) is 4.79 Å². The normalized spacial score (nSPS) is 13.4. The number of unbranched alkanes of at least 4 members (excludes halogenated alkanes) is 2. The van der Waals surface area contributed by atoms with Gasteiger partial charge in [0.1, 0.15) is 6.04 Å². The molecule has 0 bridgehead atoms. The summed E-state index contributed by atoms with van der Waals surface area (Å²) in [6.45, 7) is 2.05. The molecule has 1 amide bonds. The Morgan fingerprint density at radius 3 is 2.48 bits per heavy atom. The zero-order valence-electron chi connectivity index (χ0n) is 12.4. The van der Waals surface area contributed by atoms with Gasteiger partial charge < -0.3 is 16.2 Å². The van der Waals surface area contributed by atoms with Crippen LogP contribution < -0.4 is 11.1 Å². The number of nitrogens with two attached hydrogens (primary N) is 1. The van der Waals surface area contributed by atoms with E-state index in [-0.39, 0.29) is 0 Å². The lowest BCUT2D eigenvalue weighted by atomic mass is 10.0. The van der Waals surface area contributed by atoms with Gasteiger partial charge in [0.05, 0.1) is 6.04 Å². The fourth-order valence-electron chi connectivity index (χ4n) is 2.10. The summed E-state index contributed by atoms with van der Waals surface area (Å²) in [6, 6.07) is 7.84. The van der Waals surface area contributed by atoms with Gasteiger partial charge in [0.25, 0.3) is 0 Å². The second kappa shape index (κ2) is 9.13. The minimum absolute atomic E-state index is 0.397. The maximum atomic E-state index is 12.0. The molecule has 0 aromatic heterocycles. The Morgan fingerprint density at radius 1 is 1.24 bits per heavy atom. The van der Waals surface area contributed by atoms with E-state index < -0.39 is 24.0 Å². The number of hydrogen-bond donors (Lipinski definition) is 3. The van der Waals surface area contributed by atoms with Crippen molar-refractivity contribution in [3.05, 3.63) is 35.9 Å². The van der Waals surface area contributed by atoms with Crippen LogP contribution in [0, 0.1) is 0 Å². The van der Waals surface area contributed by atoms with Crippen LogP contribution in [0.1, 0.15) is 38.2 Å². The lowest BCUT2D eigenvalue weighted by molar-refractivity contribution is -0.142. The minimum atomic E-state index is -1.01. The molecule has 0 radical (unpaired) electrons. The third-order valence-electron chi connectivity index (χ3n) is 3.35. The fourth-order valence-corrected chi connectivity index (χ4v) is 2.10. The number of carboxylic acid groups (broad SMARTS) is 1. The maximum absolute atomic E-state index is 12.0. The minimum Gasteiger partial charge on any atom is -0.480 e. The van der Waals surface area contributed by atoms with E-state index in [1.807, 2.05) is 37.3 Å². The second-order valence-electron chi connectivity index (χ2n) is 5.19. The van der Waals surface area contributed by atoms with Gasteiger partial charge in [-0.25, -0.2) is 4.79 Å². The van der Waals surface area contributed by atoms with Crippen molar-refractivity contribution < 1.29 is 14.7 Å². The van der Waals surface area contributed by atoms with Crippen LogP contribution in [0.4, 0.5) is 0 Å². The summed E-state index contributed by atoms with van der Waals surface area (Å²) in [6.07, 6.45) is 3.58. The van der Waals surface area contributed by atoms with Gasteiger partial charge in [-0.1, -0.05) is 56.5 Å². The molecular weight excluding hydrogens is 268 g/mol. The van der Waals surface area contributed by atoms with Crippen molar-refractivity contribution in [1.29, 1.82) is 0 Å². The van der Waals surface area contributed by atoms with Crippen LogP contribution >= 0.6 is 0 Å². The molecule has 21 heavy (non-hydrogen) atoms. The van der Waals surface area contributed by atoms with Crippen LogP contribution in [0.5, 0.6) is 0 Å². The van der Waals surface area contributed by atoms with E-state index in [9.17, 15) is 9.59 Å². The average Bonchev–Trinajstić information content (AvgIpc) is 2.47. The number of nitrogens with one attached hydrogen (secondary N) is 1. The zero-order valence-corrected chi connectivity index (χ0v) is 12.4. The lowest BCUT2D eigenvalue weighted by Gasteiger charge is -2.17. The fraction of sp³-hybridized carbons (Fsp3) is 0.500. The van der Waals surface area contributed by atoms with Gasteiger partial charge in [0, 0.05) is 0 Å². The van der Waals surface area contributed by atoms with Crippen molar-refractivity contribution in [2.75, 3.05) is 0 Å². The monoisotopic (exact) mass is 292 g/mol. The first-order valence-electron chi connectivity index (χ1n) is 7.37. The van der Waals surface area contributed by atoms with E-state index in [1.54, 1.807) is 0 Å². The highest BCUT2D eigenvalue weighted by molar-refractivity contribution is 5.86. The molecule has 0 unspecified atom stereocenters. The Morgan fingerprint density at radius 2 is 1.90 bits per heavy atom. The summed E-state index contributed by atoms with van der Waals surface area (Å²) in [7, 11) is 0. The lowest BCUT2D eigenvalue weighted by Crippen LogP contribution is -2.49. The van der Waals surface area contributed by atoms with Crippen LogP contribution in [-0.4, -0.2) is 29.1 Å². The van der Waals surface area contributed by atoms with Crippen molar-refractivity contribution in [3.8, 4) is 0 Å². The van der Waals surface area contributed by atoms with Crippen molar-refractivity contribution in [2.24, 2.45) is 5.73 Å². The molecule has 1 aromatic carbocycles. The van der Waals surface area contributed by atoms with Gasteiger partial charge in [-0.2, -0.15) is 0 Å². The summed E-state index contributed by atoms with van der Waals surface area (Å²) in [4.78, 5) is 23.2. The largest absolute Gasteiger partial charge is 0.480 e. The first-order chi connectivity index (χ1) is 10.0. The number of aliphatic carboxylic acids is 1. The van der Waals surface area contributed by atoms with Gasteiger partial charge in [-0.15, -0.1) is 0 Å². The molecule has 5 nitrogen and oxygen atoms in total. The highest BCUT2D eigenvalue weighted by Gasteiger charge is 2.22. The third-order valence-corrected chi connectivity index (χ3v) is 3.35. The van der Waals surface area contributed by atoms with Crippen molar-refractivity contribution >= 4 is 11.9 Å². The number of carbonyl (C=O) groups is 2. The Kier molecular flexibility index (Phi) is 7.46. The molecule has 116 valence electrons. The van der Waals surface area contributed by atoms with E-state index >= 15 is 0 Å². The van der Waals surface area contributed by atoms with Gasteiger partial charge in [0.15, 0.2) is 0 Å². The zero-order chi connectivity index (χ0) is 15.7. The Bertz CT molecular complexity index is 448. The molecule has 0 aliphatic carbocycles. The standard InChI is InChI=1S/C16H24N2O3/c1-2-3-5-10-14(16(20)21)18-15(19)13(17)11-12-8-6-4-7-9-12/h4,6-9,13-14H,2-3,5,10-11,17H2,1H3,(H,18,19)(H,20,21)/t13-,14-/m0/s1. The molecule has 2 atom stereocenters. The predicted octanol–water partition coefficient (Wildman–Crippen LogP) is 1.71. The molecule has 1 rings (SSSR count). The summed E-state index contributed by atoms with van der Waals surface area (Å²) < 4.78 is 0. The van der Waals surface area contributed by atoms with Crippen LogP contribution in [0.25, 0.3) is 0 Å². The molecule has 5 heteroatoms. The van der Waals surface area contributed by atoms with Gasteiger partial charge in [0.2, 0.25) is 5.91 Å². The number of carbonyl (C=O) groups excluding carboxylic acids is 1. The number of hydrogen-bond acceptors (Lipinski definition) is 3. The molecule has 0 aliphatic rings. The Hall–Kier alpha value is -1.88. The van der Waals surface area contributed by atoms with E-state index in [1.165, 1.54) is 0 Å². The van der Waals surface area contributed by atoms with Crippen LogP contribution in [0.3, 0.4) is 0 Å². The van der Waals surface area contributed by atoms with E-state index in [4.69, 9.17) is 10.8 Å². The van der Waals surface area contributed by atoms with Crippen LogP contribution in [0.15, 0.2) is 30.3 Å². The average molecular weight is 292 g/mol. The summed E-state index contributed by atoms with van der Waals surface area (Å²) in [5.74, 6) is -1.42. The highest BCUT2D eigenvalue weighted by Crippen LogP contribution is 2.06. The molecule has 0 fully saturated rings. The van der Waals surface area contributed by atoms with Crippen molar-refractivity contribution in [1.82, 2.24) is 5.32 Å². The van der Waals surface area contributed by atoms with Crippen molar-refractivity contribution in [2.45, 2.75) is 51.1 Å². The quantitative estimate of drug-likeness (QED) is 0.604. The Labute approximate surface area is 125 Å². The second-order valence-corrected chi connectivity index (χ2v) is 5.19. The predicted molar refractivity (Wildman–Crippen MR) is 81.8 cm³/mol. The van der Waals surface area contributed by atoms with Crippen LogP contribution in [-0.2, 0) is 16.0 Å². The smallest absolute Gasteiger partial charge is 0.326 e.